The van der Waals surface area contributed by atoms with Crippen LogP contribution < -0.4 is 5.73 Å². The maximum atomic E-state index is 12.6. The van der Waals surface area contributed by atoms with Gasteiger partial charge >= 0.3 is 0 Å². The van der Waals surface area contributed by atoms with Crippen LogP contribution in [0.1, 0.15) is 20.1 Å². The van der Waals surface area contributed by atoms with Gasteiger partial charge in [0.1, 0.15) is 4.88 Å². The number of fused-ring (bicyclic) bond motifs is 1. The van der Waals surface area contributed by atoms with Crippen LogP contribution in [0.4, 0.5) is 5.69 Å². The minimum atomic E-state index is -0.0141. The van der Waals surface area contributed by atoms with Gasteiger partial charge in [0.15, 0.2) is 0 Å². The first-order valence-corrected chi connectivity index (χ1v) is 8.32. The zero-order valence-corrected chi connectivity index (χ0v) is 13.6. The molecule has 0 aliphatic carbocycles. The number of anilines is 1. The van der Waals surface area contributed by atoms with E-state index in [1.807, 2.05) is 49.7 Å². The minimum Gasteiger partial charge on any atom is -0.397 e. The number of hydrogen-bond donors (Lipinski definition) is 1. The first-order valence-electron chi connectivity index (χ1n) is 6.62. The smallest absolute Gasteiger partial charge is 0.266 e. The molecule has 0 radical (unpaired) electrons. The van der Waals surface area contributed by atoms with Gasteiger partial charge in [-0.3, -0.25) is 4.79 Å². The summed E-state index contributed by atoms with van der Waals surface area (Å²) in [5.74, 6) is -0.0141. The molecule has 0 spiro atoms. The molecule has 2 N–H and O–H groups in total. The first-order chi connectivity index (χ1) is 10.1. The number of hydrogen-bond acceptors (Lipinski definition) is 4. The molecule has 0 saturated carbocycles. The fourth-order valence-corrected chi connectivity index (χ4v) is 4.13. The van der Waals surface area contributed by atoms with Gasteiger partial charge < -0.3 is 10.6 Å². The SMILES string of the molecule is Cc1ccc2sc(C(=O)N(C)Cc3cccs3)c(N)c2c1. The predicted molar refractivity (Wildman–Crippen MR) is 91.1 cm³/mol. The molecular formula is C16H16N2OS2. The Labute approximate surface area is 131 Å². The van der Waals surface area contributed by atoms with Crippen molar-refractivity contribution in [3.8, 4) is 0 Å². The van der Waals surface area contributed by atoms with Crippen molar-refractivity contribution in [1.29, 1.82) is 0 Å². The molecule has 3 rings (SSSR count). The summed E-state index contributed by atoms with van der Waals surface area (Å²) in [7, 11) is 1.82. The number of nitrogens with zero attached hydrogens (tertiary/aromatic N) is 1. The van der Waals surface area contributed by atoms with Crippen LogP contribution in [-0.2, 0) is 6.54 Å². The molecule has 0 fully saturated rings. The highest BCUT2D eigenvalue weighted by molar-refractivity contribution is 7.21. The van der Waals surface area contributed by atoms with Crippen molar-refractivity contribution in [3.05, 3.63) is 51.0 Å². The van der Waals surface area contributed by atoms with E-state index in [2.05, 4.69) is 0 Å². The fourth-order valence-electron chi connectivity index (χ4n) is 2.27. The maximum Gasteiger partial charge on any atom is 0.266 e. The van der Waals surface area contributed by atoms with Gasteiger partial charge in [0.05, 0.1) is 12.2 Å². The molecule has 2 aromatic heterocycles. The Morgan fingerprint density at radius 1 is 1.33 bits per heavy atom. The minimum absolute atomic E-state index is 0.0141. The van der Waals surface area contributed by atoms with Gasteiger partial charge in [-0.25, -0.2) is 0 Å². The van der Waals surface area contributed by atoms with Gasteiger partial charge in [-0.05, 0) is 30.5 Å². The molecule has 0 saturated heterocycles. The van der Waals surface area contributed by atoms with Crippen LogP contribution in [0.5, 0.6) is 0 Å². The first kappa shape index (κ1) is 14.1. The van der Waals surface area contributed by atoms with E-state index in [0.29, 0.717) is 17.1 Å². The Hall–Kier alpha value is -1.85. The number of benzene rings is 1. The van der Waals surface area contributed by atoms with Gasteiger partial charge in [0, 0.05) is 22.0 Å². The van der Waals surface area contributed by atoms with Crippen LogP contribution in [-0.4, -0.2) is 17.9 Å². The van der Waals surface area contributed by atoms with Crippen molar-refractivity contribution >= 4 is 44.4 Å². The molecule has 0 aliphatic rings. The van der Waals surface area contributed by atoms with Crippen LogP contribution in [0.2, 0.25) is 0 Å². The Balaban J connectivity index is 1.92. The van der Waals surface area contributed by atoms with E-state index in [1.54, 1.807) is 16.2 Å². The number of rotatable bonds is 3. The molecule has 3 nitrogen and oxygen atoms in total. The quantitative estimate of drug-likeness (QED) is 0.790. The maximum absolute atomic E-state index is 12.6. The number of aryl methyl sites for hydroxylation is 1. The summed E-state index contributed by atoms with van der Waals surface area (Å²) in [6.45, 7) is 2.64. The summed E-state index contributed by atoms with van der Waals surface area (Å²) in [6, 6.07) is 10.1. The molecule has 108 valence electrons. The number of nitrogens with two attached hydrogens (primary N) is 1. The van der Waals surface area contributed by atoms with Crippen LogP contribution in [0, 0.1) is 6.92 Å². The third kappa shape index (κ3) is 2.66. The van der Waals surface area contributed by atoms with E-state index in [-0.39, 0.29) is 5.91 Å². The molecule has 0 atom stereocenters. The van der Waals surface area contributed by atoms with E-state index < -0.39 is 0 Å². The molecule has 0 unspecified atom stereocenters. The highest BCUT2D eigenvalue weighted by atomic mass is 32.1. The Morgan fingerprint density at radius 3 is 2.86 bits per heavy atom. The van der Waals surface area contributed by atoms with Crippen LogP contribution in [0.15, 0.2) is 35.7 Å². The number of thiophene rings is 2. The van der Waals surface area contributed by atoms with Crippen molar-refractivity contribution in [3.63, 3.8) is 0 Å². The Kier molecular flexibility index (Phi) is 3.69. The molecule has 0 bridgehead atoms. The standard InChI is InChI=1S/C16H16N2OS2/c1-10-5-6-13-12(8-10)14(17)15(21-13)16(19)18(2)9-11-4-3-7-20-11/h3-8H,9,17H2,1-2H3. The average molecular weight is 316 g/mol. The molecule has 2 heterocycles. The lowest BCUT2D eigenvalue weighted by Crippen LogP contribution is -2.25. The molecular weight excluding hydrogens is 300 g/mol. The third-order valence-corrected chi connectivity index (χ3v) is 5.43. The van der Waals surface area contributed by atoms with Crippen molar-refractivity contribution < 1.29 is 4.79 Å². The number of amides is 1. The summed E-state index contributed by atoms with van der Waals surface area (Å²) in [5, 5.41) is 3.00. The molecule has 1 aromatic carbocycles. The fraction of sp³-hybridized carbons (Fsp3) is 0.188. The second-order valence-corrected chi connectivity index (χ2v) is 7.17. The lowest BCUT2D eigenvalue weighted by Gasteiger charge is -2.15. The van der Waals surface area contributed by atoms with E-state index in [9.17, 15) is 4.79 Å². The second kappa shape index (κ2) is 5.50. The Bertz CT molecular complexity index is 790. The van der Waals surface area contributed by atoms with Gasteiger partial charge in [0.2, 0.25) is 0 Å². The molecule has 21 heavy (non-hydrogen) atoms. The summed E-state index contributed by atoms with van der Waals surface area (Å²) >= 11 is 3.12. The molecule has 1 amide bonds. The second-order valence-electron chi connectivity index (χ2n) is 5.09. The summed E-state index contributed by atoms with van der Waals surface area (Å²) < 4.78 is 1.06. The van der Waals surface area contributed by atoms with Crippen LogP contribution in [0.25, 0.3) is 10.1 Å². The predicted octanol–water partition coefficient (Wildman–Crippen LogP) is 4.13. The van der Waals surface area contributed by atoms with Gasteiger partial charge in [-0.2, -0.15) is 0 Å². The van der Waals surface area contributed by atoms with Crippen molar-refractivity contribution in [1.82, 2.24) is 4.90 Å². The van der Waals surface area contributed by atoms with Crippen molar-refractivity contribution in [2.75, 3.05) is 12.8 Å². The van der Waals surface area contributed by atoms with E-state index in [1.165, 1.54) is 16.2 Å². The average Bonchev–Trinajstić information content (AvgIpc) is 3.07. The number of carbonyl (C=O) groups is 1. The normalized spacial score (nSPS) is 11.0. The highest BCUT2D eigenvalue weighted by Gasteiger charge is 2.20. The van der Waals surface area contributed by atoms with E-state index in [4.69, 9.17) is 5.73 Å². The molecule has 0 aliphatic heterocycles. The number of nitrogen functional groups attached to an aromatic ring is 1. The van der Waals surface area contributed by atoms with Crippen molar-refractivity contribution in [2.45, 2.75) is 13.5 Å². The summed E-state index contributed by atoms with van der Waals surface area (Å²) in [6.07, 6.45) is 0. The largest absolute Gasteiger partial charge is 0.397 e. The lowest BCUT2D eigenvalue weighted by atomic mass is 10.1. The molecule has 5 heteroatoms. The Morgan fingerprint density at radius 2 is 2.14 bits per heavy atom. The third-order valence-electron chi connectivity index (χ3n) is 3.40. The lowest BCUT2D eigenvalue weighted by molar-refractivity contribution is 0.0792. The topological polar surface area (TPSA) is 46.3 Å². The van der Waals surface area contributed by atoms with Gasteiger partial charge in [-0.15, -0.1) is 22.7 Å². The van der Waals surface area contributed by atoms with E-state index in [0.717, 1.165) is 15.6 Å². The summed E-state index contributed by atoms with van der Waals surface area (Å²) in [5.41, 5.74) is 7.94. The van der Waals surface area contributed by atoms with E-state index >= 15 is 0 Å². The highest BCUT2D eigenvalue weighted by Crippen LogP contribution is 2.35. The molecule has 3 aromatic rings. The van der Waals surface area contributed by atoms with Crippen molar-refractivity contribution in [2.24, 2.45) is 0 Å². The van der Waals surface area contributed by atoms with Gasteiger partial charge in [0.25, 0.3) is 5.91 Å². The summed E-state index contributed by atoms with van der Waals surface area (Å²) in [4.78, 5) is 16.1. The number of carbonyl (C=O) groups excluding carboxylic acids is 1. The zero-order chi connectivity index (χ0) is 15.0. The van der Waals surface area contributed by atoms with Crippen LogP contribution in [0.3, 0.4) is 0 Å². The monoisotopic (exact) mass is 316 g/mol. The van der Waals surface area contributed by atoms with Crippen LogP contribution >= 0.6 is 22.7 Å². The zero-order valence-electron chi connectivity index (χ0n) is 11.9. The van der Waals surface area contributed by atoms with Gasteiger partial charge in [-0.1, -0.05) is 17.7 Å².